The highest BCUT2D eigenvalue weighted by atomic mass is 16.7. The number of nitrogens with zero attached hydrogens (tertiary/aromatic N) is 1. The van der Waals surface area contributed by atoms with E-state index in [9.17, 15) is 19.5 Å². The van der Waals surface area contributed by atoms with Gasteiger partial charge in [-0.25, -0.2) is 4.79 Å². The number of carboxylic acids is 1. The largest absolute Gasteiger partial charge is 0.477 e. The summed E-state index contributed by atoms with van der Waals surface area (Å²) in [6.45, 7) is 4.70. The van der Waals surface area contributed by atoms with E-state index in [4.69, 9.17) is 18.9 Å². The molecular weight excluding hydrogens is 1100 g/mol. The SMILES string of the molecule is CC/C=C\C/C=C\C/C=C\C/C=C\C/C=C\C/C=C\C/C=C\C/C=C\C/C=C\CCCC(=O)OC(COC(=O)CCCCCCCCCCCCCCCCCCCCCCCCC/C=C\C/C=C\CCCCCCC)COC(OCC[N+](C)(C)C)C(=O)O. The first-order valence-electron chi connectivity index (χ1n) is 36.3. The standard InChI is InChI=1S/C80H135NO8/c1-6-8-10-12-14-16-18-20-22-24-26-28-30-32-34-36-37-38-39-40-41-43-44-46-48-50-52-54-56-58-60-62-64-66-68-70-77(82)87-74-76(75-88-80(79(84)85)86-73-72-81(3,4)5)89-78(83)71-69-67-65-63-61-59-57-55-53-51-49-47-45-42-35-33-31-29-27-25-23-21-19-17-15-13-11-9-7-2/h9,11,15,17-18,20-21,23-24,26-27,29,33,35,45,47,51,53,57,59,63,65,76,80H,6-8,10,12-14,16,19,22,25,28,30-32,34,36-44,46,48-50,52,54-56,58,60-62,64,66-75H2,1-5H3/p+1/b11-9-,17-15-,20-18-,23-21-,26-24-,29-27-,35-33-,47-45-,53-51-,59-57-,65-63-. The molecule has 0 aliphatic heterocycles. The maximum Gasteiger partial charge on any atom is 0.361 e. The van der Waals surface area contributed by atoms with E-state index in [1.165, 1.54) is 173 Å². The topological polar surface area (TPSA) is 108 Å². The number of ether oxygens (including phenoxy) is 4. The van der Waals surface area contributed by atoms with Gasteiger partial charge in [0, 0.05) is 12.8 Å². The molecule has 9 heteroatoms. The fourth-order valence-electron chi connectivity index (χ4n) is 9.87. The molecule has 2 unspecified atom stereocenters. The number of rotatable bonds is 66. The smallest absolute Gasteiger partial charge is 0.361 e. The maximum atomic E-state index is 12.9. The molecule has 508 valence electrons. The van der Waals surface area contributed by atoms with E-state index in [1.54, 1.807) is 0 Å². The van der Waals surface area contributed by atoms with E-state index in [0.29, 0.717) is 23.9 Å². The number of carboxylic acid groups (broad SMARTS) is 1. The number of quaternary nitrogens is 1. The first kappa shape index (κ1) is 84.4. The van der Waals surface area contributed by atoms with Crippen molar-refractivity contribution >= 4 is 17.9 Å². The van der Waals surface area contributed by atoms with Crippen LogP contribution in [-0.2, 0) is 33.3 Å². The Morgan fingerprint density at radius 2 is 0.652 bits per heavy atom. The summed E-state index contributed by atoms with van der Waals surface area (Å²) < 4.78 is 22.9. The highest BCUT2D eigenvalue weighted by Gasteiger charge is 2.25. The summed E-state index contributed by atoms with van der Waals surface area (Å²) in [5, 5.41) is 9.75. The molecule has 0 saturated carbocycles. The molecule has 0 aliphatic rings. The highest BCUT2D eigenvalue weighted by molar-refractivity contribution is 5.71. The van der Waals surface area contributed by atoms with Crippen LogP contribution in [0.15, 0.2) is 134 Å². The van der Waals surface area contributed by atoms with Crippen molar-refractivity contribution in [1.29, 1.82) is 0 Å². The van der Waals surface area contributed by atoms with Crippen LogP contribution in [0.5, 0.6) is 0 Å². The number of hydrogen-bond donors (Lipinski definition) is 1. The van der Waals surface area contributed by atoms with Crippen LogP contribution in [0.1, 0.15) is 296 Å². The summed E-state index contributed by atoms with van der Waals surface area (Å²) in [5.74, 6) is -2.09. The second-order valence-electron chi connectivity index (χ2n) is 25.2. The van der Waals surface area contributed by atoms with E-state index in [0.717, 1.165) is 83.5 Å². The van der Waals surface area contributed by atoms with E-state index < -0.39 is 24.3 Å². The minimum atomic E-state index is -1.53. The molecule has 0 fully saturated rings. The van der Waals surface area contributed by atoms with Crippen molar-refractivity contribution in [1.82, 2.24) is 0 Å². The van der Waals surface area contributed by atoms with Crippen molar-refractivity contribution in [2.75, 3.05) is 47.5 Å². The number of esters is 2. The Kier molecular flexibility index (Phi) is 65.8. The summed E-state index contributed by atoms with van der Waals surface area (Å²) in [7, 11) is 5.95. The average molecular weight is 1240 g/mol. The van der Waals surface area contributed by atoms with E-state index >= 15 is 0 Å². The fraction of sp³-hybridized carbons (Fsp3) is 0.688. The first-order chi connectivity index (χ1) is 43.6. The van der Waals surface area contributed by atoms with Crippen LogP contribution in [0.2, 0.25) is 0 Å². The zero-order chi connectivity index (χ0) is 64.7. The number of carbonyl (C=O) groups excluding carboxylic acids is 2. The van der Waals surface area contributed by atoms with Gasteiger partial charge in [-0.3, -0.25) is 9.59 Å². The predicted octanol–water partition coefficient (Wildman–Crippen LogP) is 22.9. The third-order valence-corrected chi connectivity index (χ3v) is 15.4. The zero-order valence-corrected chi connectivity index (χ0v) is 58.0. The average Bonchev–Trinajstić information content (AvgIpc) is 3.71. The summed E-state index contributed by atoms with van der Waals surface area (Å²) >= 11 is 0. The molecule has 0 aliphatic carbocycles. The van der Waals surface area contributed by atoms with Crippen molar-refractivity contribution in [3.8, 4) is 0 Å². The van der Waals surface area contributed by atoms with Crippen molar-refractivity contribution in [2.45, 2.75) is 309 Å². The Labute approximate surface area is 548 Å². The Morgan fingerprint density at radius 3 is 0.989 bits per heavy atom. The number of allylic oxidation sites excluding steroid dienone is 22. The van der Waals surface area contributed by atoms with Gasteiger partial charge >= 0.3 is 17.9 Å². The molecule has 9 nitrogen and oxygen atoms in total. The molecule has 2 atom stereocenters. The van der Waals surface area contributed by atoms with Gasteiger partial charge in [0.15, 0.2) is 6.10 Å². The molecule has 1 N–H and O–H groups in total. The molecule has 0 radical (unpaired) electrons. The molecule has 0 aromatic carbocycles. The molecule has 89 heavy (non-hydrogen) atoms. The van der Waals surface area contributed by atoms with Crippen LogP contribution in [0, 0.1) is 0 Å². The number of carbonyl (C=O) groups is 3. The van der Waals surface area contributed by atoms with Crippen LogP contribution < -0.4 is 0 Å². The molecule has 0 saturated heterocycles. The molecule has 0 aromatic rings. The number of hydrogen-bond acceptors (Lipinski definition) is 7. The summed E-state index contributed by atoms with van der Waals surface area (Å²) in [5.41, 5.74) is 0. The lowest BCUT2D eigenvalue weighted by molar-refractivity contribution is -0.870. The molecule has 0 aromatic heterocycles. The second kappa shape index (κ2) is 69.3. The Morgan fingerprint density at radius 1 is 0.348 bits per heavy atom. The zero-order valence-electron chi connectivity index (χ0n) is 58.0. The van der Waals surface area contributed by atoms with E-state index in [-0.39, 0.29) is 38.6 Å². The van der Waals surface area contributed by atoms with Crippen LogP contribution in [0.25, 0.3) is 0 Å². The summed E-state index contributed by atoms with van der Waals surface area (Å²) in [6.07, 6.45) is 97.3. The molecular formula is C80H136NO8+. The van der Waals surface area contributed by atoms with Gasteiger partial charge in [0.1, 0.15) is 13.2 Å². The Hall–Kier alpha value is -4.57. The lowest BCUT2D eigenvalue weighted by Gasteiger charge is -2.25. The van der Waals surface area contributed by atoms with E-state index in [1.807, 2.05) is 21.1 Å². The van der Waals surface area contributed by atoms with Gasteiger partial charge < -0.3 is 28.5 Å². The highest BCUT2D eigenvalue weighted by Crippen LogP contribution is 2.17. The lowest BCUT2D eigenvalue weighted by Crippen LogP contribution is -2.40. The van der Waals surface area contributed by atoms with Gasteiger partial charge in [0.25, 0.3) is 6.29 Å². The first-order valence-corrected chi connectivity index (χ1v) is 36.3. The van der Waals surface area contributed by atoms with Gasteiger partial charge in [0.05, 0.1) is 34.4 Å². The van der Waals surface area contributed by atoms with Crippen molar-refractivity contribution in [2.24, 2.45) is 0 Å². The van der Waals surface area contributed by atoms with Crippen LogP contribution in [-0.4, -0.2) is 87.4 Å². The number of aliphatic carboxylic acids is 1. The van der Waals surface area contributed by atoms with Crippen LogP contribution in [0.4, 0.5) is 0 Å². The normalized spacial score (nSPS) is 13.5. The lowest BCUT2D eigenvalue weighted by atomic mass is 10.0. The third kappa shape index (κ3) is 70.7. The van der Waals surface area contributed by atoms with Crippen molar-refractivity contribution in [3.05, 3.63) is 134 Å². The van der Waals surface area contributed by atoms with Crippen molar-refractivity contribution in [3.63, 3.8) is 0 Å². The van der Waals surface area contributed by atoms with Crippen LogP contribution in [0.3, 0.4) is 0 Å². The Balaban J connectivity index is 4.17. The number of unbranched alkanes of at least 4 members (excludes halogenated alkanes) is 29. The van der Waals surface area contributed by atoms with Crippen LogP contribution >= 0.6 is 0 Å². The van der Waals surface area contributed by atoms with E-state index in [2.05, 4.69) is 148 Å². The maximum absolute atomic E-state index is 12.9. The molecule has 0 rings (SSSR count). The predicted molar refractivity (Wildman–Crippen MR) is 382 cm³/mol. The minimum absolute atomic E-state index is 0.171. The number of likely N-dealkylation sites (N-methyl/N-ethyl adjacent to an activating group) is 1. The van der Waals surface area contributed by atoms with Gasteiger partial charge in [-0.2, -0.15) is 0 Å². The molecule has 0 amide bonds. The minimum Gasteiger partial charge on any atom is -0.477 e. The quantitative estimate of drug-likeness (QED) is 0.0211. The Bertz CT molecular complexity index is 1930. The molecule has 0 spiro atoms. The summed E-state index contributed by atoms with van der Waals surface area (Å²) in [6, 6.07) is 0. The fourth-order valence-corrected chi connectivity index (χ4v) is 9.87. The van der Waals surface area contributed by atoms with Crippen molar-refractivity contribution < 1.29 is 42.9 Å². The monoisotopic (exact) mass is 1240 g/mol. The second-order valence-corrected chi connectivity index (χ2v) is 25.2. The summed E-state index contributed by atoms with van der Waals surface area (Å²) in [4.78, 5) is 37.6. The van der Waals surface area contributed by atoms with Gasteiger partial charge in [0.2, 0.25) is 0 Å². The van der Waals surface area contributed by atoms with Gasteiger partial charge in [-0.05, 0) is 109 Å². The third-order valence-electron chi connectivity index (χ3n) is 15.4. The van der Waals surface area contributed by atoms with Gasteiger partial charge in [-0.15, -0.1) is 0 Å². The van der Waals surface area contributed by atoms with Gasteiger partial charge in [-0.1, -0.05) is 308 Å². The molecule has 0 heterocycles. The molecule has 0 bridgehead atoms.